The number of nitrogen functional groups attached to an aromatic ring is 1. The predicted octanol–water partition coefficient (Wildman–Crippen LogP) is 2.56. The van der Waals surface area contributed by atoms with E-state index in [1.54, 1.807) is 6.33 Å². The van der Waals surface area contributed by atoms with Gasteiger partial charge in [-0.3, -0.25) is 0 Å². The molecule has 0 bridgehead atoms. The average molecular weight is 263 g/mol. The minimum Gasteiger partial charge on any atom is -0.367 e. The molecule has 5 heteroatoms. The number of hydrazine groups is 1. The fourth-order valence-corrected chi connectivity index (χ4v) is 3.05. The van der Waals surface area contributed by atoms with Crippen molar-refractivity contribution in [3.63, 3.8) is 0 Å². The van der Waals surface area contributed by atoms with Gasteiger partial charge in [0, 0.05) is 11.6 Å². The molecule has 0 saturated heterocycles. The molecule has 0 radical (unpaired) electrons. The van der Waals surface area contributed by atoms with Crippen LogP contribution in [0.3, 0.4) is 0 Å². The van der Waals surface area contributed by atoms with Crippen molar-refractivity contribution >= 4 is 11.6 Å². The fourth-order valence-electron chi connectivity index (χ4n) is 3.05. The van der Waals surface area contributed by atoms with Crippen LogP contribution < -0.4 is 16.6 Å². The van der Waals surface area contributed by atoms with Crippen LogP contribution in [0.1, 0.15) is 45.6 Å². The van der Waals surface area contributed by atoms with Crippen LogP contribution in [0.4, 0.5) is 11.6 Å². The van der Waals surface area contributed by atoms with Gasteiger partial charge in [-0.15, -0.1) is 0 Å². The van der Waals surface area contributed by atoms with Gasteiger partial charge in [0.1, 0.15) is 18.0 Å². The van der Waals surface area contributed by atoms with Gasteiger partial charge in [0.2, 0.25) is 0 Å². The van der Waals surface area contributed by atoms with Gasteiger partial charge in [0.05, 0.1) is 0 Å². The maximum absolute atomic E-state index is 5.51. The van der Waals surface area contributed by atoms with Crippen molar-refractivity contribution in [2.45, 2.75) is 52.5 Å². The first kappa shape index (κ1) is 14.1. The summed E-state index contributed by atoms with van der Waals surface area (Å²) in [5.41, 5.74) is 3.72. The largest absolute Gasteiger partial charge is 0.367 e. The Bertz CT molecular complexity index is 420. The highest BCUT2D eigenvalue weighted by Gasteiger charge is 2.26. The minimum atomic E-state index is 0.502. The maximum atomic E-state index is 5.51. The molecule has 0 aliphatic heterocycles. The van der Waals surface area contributed by atoms with E-state index in [9.17, 15) is 0 Å². The highest BCUT2D eigenvalue weighted by molar-refractivity contribution is 5.57. The lowest BCUT2D eigenvalue weighted by Crippen LogP contribution is -2.33. The molecule has 1 fully saturated rings. The fraction of sp³-hybridized carbons (Fsp3) is 0.714. The van der Waals surface area contributed by atoms with Crippen molar-refractivity contribution in [3.05, 3.63) is 11.9 Å². The molecular formula is C14H25N5. The standard InChI is InChI=1S/C14H25N5/c1-4-11-13(16-8-17-14(11)19-15)18-12-6-5-9(2)7-10(12)3/h8-10,12H,4-7,15H2,1-3H3,(H2,16,17,18,19). The predicted molar refractivity (Wildman–Crippen MR) is 78.8 cm³/mol. The van der Waals surface area contributed by atoms with Crippen LogP contribution in [0.2, 0.25) is 0 Å². The third-order valence-electron chi connectivity index (χ3n) is 4.19. The number of nitrogens with zero attached hydrogens (tertiary/aromatic N) is 2. The van der Waals surface area contributed by atoms with E-state index in [-0.39, 0.29) is 0 Å². The van der Waals surface area contributed by atoms with Gasteiger partial charge in [0.15, 0.2) is 0 Å². The summed E-state index contributed by atoms with van der Waals surface area (Å²) in [6, 6.07) is 0.502. The summed E-state index contributed by atoms with van der Waals surface area (Å²) in [4.78, 5) is 8.55. The second-order valence-corrected chi connectivity index (χ2v) is 5.69. The third-order valence-corrected chi connectivity index (χ3v) is 4.19. The number of nitrogens with one attached hydrogen (secondary N) is 2. The molecule has 5 nitrogen and oxygen atoms in total. The topological polar surface area (TPSA) is 75.9 Å². The van der Waals surface area contributed by atoms with Gasteiger partial charge in [-0.1, -0.05) is 20.8 Å². The van der Waals surface area contributed by atoms with Crippen LogP contribution in [0.15, 0.2) is 6.33 Å². The molecule has 0 aromatic carbocycles. The molecule has 1 heterocycles. The highest BCUT2D eigenvalue weighted by Crippen LogP contribution is 2.31. The van der Waals surface area contributed by atoms with Crippen molar-refractivity contribution in [2.24, 2.45) is 17.7 Å². The van der Waals surface area contributed by atoms with E-state index >= 15 is 0 Å². The van der Waals surface area contributed by atoms with Crippen LogP contribution in [-0.4, -0.2) is 16.0 Å². The first-order valence-corrected chi connectivity index (χ1v) is 7.22. The smallest absolute Gasteiger partial charge is 0.148 e. The molecule has 2 rings (SSSR count). The Balaban J connectivity index is 2.14. The summed E-state index contributed by atoms with van der Waals surface area (Å²) in [7, 11) is 0. The van der Waals surface area contributed by atoms with Crippen LogP contribution in [-0.2, 0) is 6.42 Å². The lowest BCUT2D eigenvalue weighted by Gasteiger charge is -2.34. The summed E-state index contributed by atoms with van der Waals surface area (Å²) in [6.07, 6.45) is 6.21. The molecule has 1 aliphatic carbocycles. The van der Waals surface area contributed by atoms with Crippen molar-refractivity contribution in [1.29, 1.82) is 0 Å². The number of hydrogen-bond acceptors (Lipinski definition) is 5. The Morgan fingerprint density at radius 1 is 1.26 bits per heavy atom. The van der Waals surface area contributed by atoms with E-state index < -0.39 is 0 Å². The first-order chi connectivity index (χ1) is 9.15. The number of anilines is 2. The van der Waals surface area contributed by atoms with E-state index in [2.05, 4.69) is 41.5 Å². The minimum absolute atomic E-state index is 0.502. The van der Waals surface area contributed by atoms with Crippen LogP contribution >= 0.6 is 0 Å². The zero-order chi connectivity index (χ0) is 13.8. The Morgan fingerprint density at radius 2 is 2.00 bits per heavy atom. The van der Waals surface area contributed by atoms with E-state index in [0.29, 0.717) is 12.0 Å². The average Bonchev–Trinajstić information content (AvgIpc) is 2.41. The van der Waals surface area contributed by atoms with E-state index in [0.717, 1.165) is 29.5 Å². The number of nitrogens with two attached hydrogens (primary N) is 1. The van der Waals surface area contributed by atoms with Crippen molar-refractivity contribution in [2.75, 3.05) is 10.7 Å². The second kappa shape index (κ2) is 6.19. The van der Waals surface area contributed by atoms with E-state index in [1.165, 1.54) is 19.3 Å². The quantitative estimate of drug-likeness (QED) is 0.575. The highest BCUT2D eigenvalue weighted by atomic mass is 15.3. The zero-order valence-electron chi connectivity index (χ0n) is 12.1. The van der Waals surface area contributed by atoms with Gasteiger partial charge >= 0.3 is 0 Å². The molecule has 3 unspecified atom stereocenters. The van der Waals surface area contributed by atoms with Crippen molar-refractivity contribution in [3.8, 4) is 0 Å². The SMILES string of the molecule is CCc1c(NN)ncnc1NC1CCC(C)CC1C. The number of rotatable bonds is 4. The molecule has 0 spiro atoms. The van der Waals surface area contributed by atoms with Crippen molar-refractivity contribution in [1.82, 2.24) is 9.97 Å². The van der Waals surface area contributed by atoms with Gasteiger partial charge in [-0.25, -0.2) is 15.8 Å². The second-order valence-electron chi connectivity index (χ2n) is 5.69. The zero-order valence-corrected chi connectivity index (χ0v) is 12.1. The Labute approximate surface area is 115 Å². The normalized spacial score (nSPS) is 27.1. The van der Waals surface area contributed by atoms with Gasteiger partial charge in [-0.05, 0) is 37.5 Å². The summed E-state index contributed by atoms with van der Waals surface area (Å²) in [5, 5.41) is 3.60. The molecule has 1 saturated carbocycles. The molecule has 1 aliphatic rings. The summed E-state index contributed by atoms with van der Waals surface area (Å²) < 4.78 is 0. The summed E-state index contributed by atoms with van der Waals surface area (Å²) >= 11 is 0. The Morgan fingerprint density at radius 3 is 2.63 bits per heavy atom. The third kappa shape index (κ3) is 3.15. The lowest BCUT2D eigenvalue weighted by atomic mass is 9.80. The van der Waals surface area contributed by atoms with Crippen LogP contribution in [0, 0.1) is 11.8 Å². The molecule has 3 atom stereocenters. The summed E-state index contributed by atoms with van der Waals surface area (Å²) in [6.45, 7) is 6.75. The number of hydrogen-bond donors (Lipinski definition) is 3. The first-order valence-electron chi connectivity index (χ1n) is 7.22. The van der Waals surface area contributed by atoms with E-state index in [4.69, 9.17) is 5.84 Å². The summed E-state index contributed by atoms with van der Waals surface area (Å²) in [5.74, 6) is 8.67. The Kier molecular flexibility index (Phi) is 4.58. The maximum Gasteiger partial charge on any atom is 0.148 e. The van der Waals surface area contributed by atoms with Gasteiger partial charge < -0.3 is 10.7 Å². The van der Waals surface area contributed by atoms with Gasteiger partial charge in [0.25, 0.3) is 0 Å². The molecule has 1 aromatic rings. The molecule has 19 heavy (non-hydrogen) atoms. The van der Waals surface area contributed by atoms with E-state index in [1.807, 2.05) is 0 Å². The van der Waals surface area contributed by atoms with Crippen molar-refractivity contribution < 1.29 is 0 Å². The molecule has 1 aromatic heterocycles. The molecule has 106 valence electrons. The van der Waals surface area contributed by atoms with Gasteiger partial charge in [-0.2, -0.15) is 0 Å². The monoisotopic (exact) mass is 263 g/mol. The Hall–Kier alpha value is -1.36. The molecular weight excluding hydrogens is 238 g/mol. The molecule has 0 amide bonds. The number of aromatic nitrogens is 2. The van der Waals surface area contributed by atoms with Crippen LogP contribution in [0.5, 0.6) is 0 Å². The van der Waals surface area contributed by atoms with Crippen LogP contribution in [0.25, 0.3) is 0 Å². The molecule has 4 N–H and O–H groups in total. The lowest BCUT2D eigenvalue weighted by molar-refractivity contribution is 0.276.